The molecule has 2 aliphatic rings. The molecule has 0 amide bonds. The van der Waals surface area contributed by atoms with Gasteiger partial charge in [0.2, 0.25) is 0 Å². The third-order valence-corrected chi connectivity index (χ3v) is 4.61. The molecule has 0 saturated heterocycles. The van der Waals surface area contributed by atoms with Gasteiger partial charge in [0.05, 0.1) is 6.61 Å². The normalized spacial score (nSPS) is 22.0. The first kappa shape index (κ1) is 14.2. The third kappa shape index (κ3) is 3.49. The molecule has 4 heteroatoms. The molecular weight excluding hydrogens is 262 g/mol. The van der Waals surface area contributed by atoms with Crippen LogP contribution in [0.25, 0.3) is 0 Å². The van der Waals surface area contributed by atoms with Gasteiger partial charge in [-0.25, -0.2) is 0 Å². The minimum atomic E-state index is 0.497. The molecule has 1 aliphatic carbocycles. The average molecular weight is 287 g/mol. The van der Waals surface area contributed by atoms with E-state index in [0.717, 1.165) is 43.7 Å². The summed E-state index contributed by atoms with van der Waals surface area (Å²) in [7, 11) is 1.84. The number of fused-ring (bicyclic) bond motifs is 1. The number of nitrogens with one attached hydrogen (secondary N) is 2. The van der Waals surface area contributed by atoms with E-state index in [9.17, 15) is 0 Å². The molecule has 1 aromatic rings. The van der Waals surface area contributed by atoms with Crippen LogP contribution in [0, 0.1) is 5.92 Å². The monoisotopic (exact) mass is 287 g/mol. The summed E-state index contributed by atoms with van der Waals surface area (Å²) in [6, 6.07) is 8.36. The number of rotatable bonds is 4. The summed E-state index contributed by atoms with van der Waals surface area (Å²) in [6.07, 6.45) is 5.16. The van der Waals surface area contributed by atoms with Crippen molar-refractivity contribution in [2.45, 2.75) is 31.6 Å². The van der Waals surface area contributed by atoms with Gasteiger partial charge in [-0.3, -0.25) is 4.99 Å². The molecule has 1 aromatic carbocycles. The van der Waals surface area contributed by atoms with E-state index >= 15 is 0 Å². The highest BCUT2D eigenvalue weighted by Gasteiger charge is 2.21. The molecule has 4 nitrogen and oxygen atoms in total. The quantitative estimate of drug-likeness (QED) is 0.661. The molecule has 1 aliphatic heterocycles. The molecule has 2 N–H and O–H groups in total. The van der Waals surface area contributed by atoms with Crippen LogP contribution in [-0.4, -0.2) is 32.7 Å². The largest absolute Gasteiger partial charge is 0.493 e. The summed E-state index contributed by atoms with van der Waals surface area (Å²) in [5.41, 5.74) is 1.31. The van der Waals surface area contributed by atoms with E-state index in [1.54, 1.807) is 0 Å². The zero-order valence-electron chi connectivity index (χ0n) is 12.8. The van der Waals surface area contributed by atoms with Crippen molar-refractivity contribution in [2.24, 2.45) is 10.9 Å². The SMILES string of the molecule is CN=C(NCC1CCC1)NCC1CCOc2ccccc21. The minimum Gasteiger partial charge on any atom is -0.493 e. The first-order valence-corrected chi connectivity index (χ1v) is 8.03. The van der Waals surface area contributed by atoms with Gasteiger partial charge in [-0.1, -0.05) is 24.6 Å². The Morgan fingerprint density at radius 1 is 1.19 bits per heavy atom. The van der Waals surface area contributed by atoms with Crippen LogP contribution in [0.15, 0.2) is 29.3 Å². The van der Waals surface area contributed by atoms with E-state index in [2.05, 4.69) is 33.8 Å². The molecule has 21 heavy (non-hydrogen) atoms. The van der Waals surface area contributed by atoms with E-state index in [0.29, 0.717) is 5.92 Å². The van der Waals surface area contributed by atoms with Gasteiger partial charge in [0.25, 0.3) is 0 Å². The Bertz CT molecular complexity index is 497. The zero-order chi connectivity index (χ0) is 14.5. The number of aliphatic imine (C=N–C) groups is 1. The second-order valence-electron chi connectivity index (χ2n) is 6.00. The van der Waals surface area contributed by atoms with Crippen LogP contribution < -0.4 is 15.4 Å². The Balaban J connectivity index is 1.52. The standard InChI is InChI=1S/C17H25N3O/c1-18-17(19-11-13-5-4-6-13)20-12-14-9-10-21-16-8-3-2-7-15(14)16/h2-3,7-8,13-14H,4-6,9-12H2,1H3,(H2,18,19,20). The van der Waals surface area contributed by atoms with E-state index in [1.165, 1.54) is 24.8 Å². The predicted octanol–water partition coefficient (Wildman–Crippen LogP) is 2.52. The lowest BCUT2D eigenvalue weighted by Gasteiger charge is -2.28. The Kier molecular flexibility index (Phi) is 4.63. The van der Waals surface area contributed by atoms with Crippen molar-refractivity contribution in [3.05, 3.63) is 29.8 Å². The summed E-state index contributed by atoms with van der Waals surface area (Å²) in [5, 5.41) is 6.91. The molecule has 1 fully saturated rings. The van der Waals surface area contributed by atoms with Crippen LogP contribution in [0.4, 0.5) is 0 Å². The van der Waals surface area contributed by atoms with Gasteiger partial charge in [-0.15, -0.1) is 0 Å². The molecule has 1 unspecified atom stereocenters. The fourth-order valence-electron chi connectivity index (χ4n) is 3.01. The maximum atomic E-state index is 5.71. The molecule has 0 aromatic heterocycles. The van der Waals surface area contributed by atoms with Crippen LogP contribution in [0.3, 0.4) is 0 Å². The first-order valence-electron chi connectivity index (χ1n) is 8.03. The lowest BCUT2D eigenvalue weighted by atomic mass is 9.85. The Morgan fingerprint density at radius 3 is 2.76 bits per heavy atom. The first-order chi connectivity index (χ1) is 10.4. The second kappa shape index (κ2) is 6.83. The molecule has 1 heterocycles. The van der Waals surface area contributed by atoms with Gasteiger partial charge in [0.1, 0.15) is 5.75 Å². The van der Waals surface area contributed by atoms with Crippen molar-refractivity contribution >= 4 is 5.96 Å². The fourth-order valence-corrected chi connectivity index (χ4v) is 3.01. The molecule has 0 bridgehead atoms. The molecule has 0 radical (unpaired) electrons. The van der Waals surface area contributed by atoms with Gasteiger partial charge in [-0.2, -0.15) is 0 Å². The molecule has 114 valence electrons. The minimum absolute atomic E-state index is 0.497. The van der Waals surface area contributed by atoms with E-state index in [1.807, 2.05) is 13.1 Å². The molecule has 3 rings (SSSR count). The summed E-state index contributed by atoms with van der Waals surface area (Å²) < 4.78 is 5.71. The van der Waals surface area contributed by atoms with Crippen molar-refractivity contribution in [3.63, 3.8) is 0 Å². The average Bonchev–Trinajstić information content (AvgIpc) is 2.49. The lowest BCUT2D eigenvalue weighted by Crippen LogP contribution is -2.42. The molecule has 0 spiro atoms. The molecule has 1 saturated carbocycles. The number of ether oxygens (including phenoxy) is 1. The predicted molar refractivity (Wildman–Crippen MR) is 86.0 cm³/mol. The Hall–Kier alpha value is -1.71. The van der Waals surface area contributed by atoms with Crippen LogP contribution in [0.2, 0.25) is 0 Å². The summed E-state index contributed by atoms with van der Waals surface area (Å²) >= 11 is 0. The summed E-state index contributed by atoms with van der Waals surface area (Å²) in [6.45, 7) is 2.76. The Morgan fingerprint density at radius 2 is 2.00 bits per heavy atom. The summed E-state index contributed by atoms with van der Waals surface area (Å²) in [4.78, 5) is 4.32. The fraction of sp³-hybridized carbons (Fsp3) is 0.588. The number of guanidine groups is 1. The number of hydrogen-bond donors (Lipinski definition) is 2. The highest BCUT2D eigenvalue weighted by Crippen LogP contribution is 2.32. The van der Waals surface area contributed by atoms with Crippen LogP contribution in [-0.2, 0) is 0 Å². The van der Waals surface area contributed by atoms with Gasteiger partial charge >= 0.3 is 0 Å². The van der Waals surface area contributed by atoms with Crippen LogP contribution in [0.5, 0.6) is 5.75 Å². The van der Waals surface area contributed by atoms with Crippen molar-refractivity contribution < 1.29 is 4.74 Å². The topological polar surface area (TPSA) is 45.7 Å². The van der Waals surface area contributed by atoms with E-state index in [-0.39, 0.29) is 0 Å². The molecular formula is C17H25N3O. The smallest absolute Gasteiger partial charge is 0.191 e. The lowest BCUT2D eigenvalue weighted by molar-refractivity contribution is 0.267. The maximum absolute atomic E-state index is 5.71. The third-order valence-electron chi connectivity index (χ3n) is 4.61. The number of hydrogen-bond acceptors (Lipinski definition) is 2. The number of para-hydroxylation sites is 1. The maximum Gasteiger partial charge on any atom is 0.191 e. The van der Waals surface area contributed by atoms with Crippen LogP contribution >= 0.6 is 0 Å². The summed E-state index contributed by atoms with van der Waals surface area (Å²) in [5.74, 6) is 3.29. The van der Waals surface area contributed by atoms with Crippen molar-refractivity contribution in [1.29, 1.82) is 0 Å². The molecule has 1 atom stereocenters. The highest BCUT2D eigenvalue weighted by atomic mass is 16.5. The van der Waals surface area contributed by atoms with E-state index < -0.39 is 0 Å². The van der Waals surface area contributed by atoms with Gasteiger partial charge in [0.15, 0.2) is 5.96 Å². The van der Waals surface area contributed by atoms with E-state index in [4.69, 9.17) is 4.74 Å². The van der Waals surface area contributed by atoms with Gasteiger partial charge < -0.3 is 15.4 Å². The van der Waals surface area contributed by atoms with Crippen molar-refractivity contribution in [3.8, 4) is 5.75 Å². The second-order valence-corrected chi connectivity index (χ2v) is 6.00. The van der Waals surface area contributed by atoms with Gasteiger partial charge in [-0.05, 0) is 36.8 Å². The van der Waals surface area contributed by atoms with Crippen molar-refractivity contribution in [1.82, 2.24) is 10.6 Å². The van der Waals surface area contributed by atoms with Crippen LogP contribution in [0.1, 0.15) is 37.2 Å². The van der Waals surface area contributed by atoms with Gasteiger partial charge in [0, 0.05) is 26.1 Å². The highest BCUT2D eigenvalue weighted by molar-refractivity contribution is 5.79. The number of benzene rings is 1. The number of nitrogens with zero attached hydrogens (tertiary/aromatic N) is 1. The van der Waals surface area contributed by atoms with Crippen molar-refractivity contribution in [2.75, 3.05) is 26.7 Å². The zero-order valence-corrected chi connectivity index (χ0v) is 12.8. The Labute approximate surface area is 127 Å².